The van der Waals surface area contributed by atoms with Crippen molar-refractivity contribution in [1.29, 1.82) is 0 Å². The quantitative estimate of drug-likeness (QED) is 0.521. The molecule has 0 aliphatic rings. The van der Waals surface area contributed by atoms with Crippen molar-refractivity contribution in [3.05, 3.63) is 0 Å². The summed E-state index contributed by atoms with van der Waals surface area (Å²) in [6, 6.07) is 0. The SMILES string of the molecule is CCOP(=O)(CCl)OCCN. The summed E-state index contributed by atoms with van der Waals surface area (Å²) in [7, 11) is -3.03. The van der Waals surface area contributed by atoms with E-state index in [1.165, 1.54) is 0 Å². The largest absolute Gasteiger partial charge is 0.345 e. The predicted molar refractivity (Wildman–Crippen MR) is 45.0 cm³/mol. The van der Waals surface area contributed by atoms with Crippen molar-refractivity contribution in [2.75, 3.05) is 25.4 Å². The summed E-state index contributed by atoms with van der Waals surface area (Å²) in [6.45, 7) is 2.58. The Morgan fingerprint density at radius 2 is 2.18 bits per heavy atom. The Morgan fingerprint density at radius 3 is 2.55 bits per heavy atom. The molecule has 0 aromatic rings. The van der Waals surface area contributed by atoms with Gasteiger partial charge in [0.25, 0.3) is 0 Å². The highest BCUT2D eigenvalue weighted by molar-refractivity contribution is 7.55. The van der Waals surface area contributed by atoms with Gasteiger partial charge in [-0.2, -0.15) is 0 Å². The van der Waals surface area contributed by atoms with Crippen LogP contribution in [0.5, 0.6) is 0 Å². The molecule has 0 saturated carbocycles. The van der Waals surface area contributed by atoms with Crippen molar-refractivity contribution in [2.45, 2.75) is 6.92 Å². The van der Waals surface area contributed by atoms with E-state index in [2.05, 4.69) is 0 Å². The molecule has 1 atom stereocenters. The van der Waals surface area contributed by atoms with Crippen molar-refractivity contribution < 1.29 is 13.6 Å². The van der Waals surface area contributed by atoms with Gasteiger partial charge in [-0.3, -0.25) is 4.57 Å². The fraction of sp³-hybridized carbons (Fsp3) is 1.00. The van der Waals surface area contributed by atoms with Gasteiger partial charge in [-0.15, -0.1) is 11.6 Å². The second-order valence-electron chi connectivity index (χ2n) is 1.77. The normalized spacial score (nSPS) is 16.3. The molecule has 0 aliphatic heterocycles. The van der Waals surface area contributed by atoms with Crippen LogP contribution in [0.4, 0.5) is 0 Å². The van der Waals surface area contributed by atoms with Crippen molar-refractivity contribution in [1.82, 2.24) is 0 Å². The smallest absolute Gasteiger partial charge is 0.328 e. The van der Waals surface area contributed by atoms with Crippen LogP contribution in [0, 0.1) is 0 Å². The Hall–Kier alpha value is 0.400. The average molecular weight is 202 g/mol. The minimum absolute atomic E-state index is 0.124. The molecule has 0 amide bonds. The van der Waals surface area contributed by atoms with E-state index in [1.54, 1.807) is 6.92 Å². The van der Waals surface area contributed by atoms with Gasteiger partial charge in [-0.05, 0) is 6.92 Å². The maximum absolute atomic E-state index is 11.3. The van der Waals surface area contributed by atoms with Crippen molar-refractivity contribution in [3.63, 3.8) is 0 Å². The van der Waals surface area contributed by atoms with E-state index < -0.39 is 7.60 Å². The molecule has 6 heteroatoms. The lowest BCUT2D eigenvalue weighted by atomic mass is 10.8. The summed E-state index contributed by atoms with van der Waals surface area (Å²) >= 11 is 5.37. The minimum Gasteiger partial charge on any atom is -0.328 e. The zero-order valence-corrected chi connectivity index (χ0v) is 8.11. The molecule has 0 fully saturated rings. The van der Waals surface area contributed by atoms with Crippen LogP contribution in [0.1, 0.15) is 6.92 Å². The van der Waals surface area contributed by atoms with Gasteiger partial charge in [0.1, 0.15) is 5.62 Å². The van der Waals surface area contributed by atoms with Crippen LogP contribution >= 0.6 is 19.2 Å². The highest BCUT2D eigenvalue weighted by Crippen LogP contribution is 2.48. The van der Waals surface area contributed by atoms with E-state index in [4.69, 9.17) is 26.4 Å². The molecule has 2 N–H and O–H groups in total. The van der Waals surface area contributed by atoms with Gasteiger partial charge in [-0.25, -0.2) is 0 Å². The van der Waals surface area contributed by atoms with Gasteiger partial charge in [0.2, 0.25) is 0 Å². The summed E-state index contributed by atoms with van der Waals surface area (Å²) in [5.74, 6) is 0. The fourth-order valence-corrected chi connectivity index (χ4v) is 1.90. The zero-order chi connectivity index (χ0) is 8.74. The lowest BCUT2D eigenvalue weighted by Gasteiger charge is -2.13. The molecule has 0 saturated heterocycles. The molecular weight excluding hydrogens is 188 g/mol. The van der Waals surface area contributed by atoms with E-state index in [0.29, 0.717) is 13.2 Å². The lowest BCUT2D eigenvalue weighted by Crippen LogP contribution is -2.08. The number of alkyl halides is 1. The van der Waals surface area contributed by atoms with E-state index in [0.717, 1.165) is 0 Å². The highest BCUT2D eigenvalue weighted by Gasteiger charge is 2.21. The van der Waals surface area contributed by atoms with Gasteiger partial charge >= 0.3 is 7.60 Å². The molecule has 0 heterocycles. The number of rotatable bonds is 6. The first kappa shape index (κ1) is 11.4. The number of hydrogen-bond acceptors (Lipinski definition) is 4. The maximum atomic E-state index is 11.3. The first-order valence-electron chi connectivity index (χ1n) is 3.32. The molecule has 1 unspecified atom stereocenters. The lowest BCUT2D eigenvalue weighted by molar-refractivity contribution is 0.220. The maximum Gasteiger partial charge on any atom is 0.345 e. The van der Waals surface area contributed by atoms with Crippen LogP contribution in [0.3, 0.4) is 0 Å². The first-order chi connectivity index (χ1) is 5.18. The summed E-state index contributed by atoms with van der Waals surface area (Å²) in [6.07, 6.45) is 0. The van der Waals surface area contributed by atoms with Crippen molar-refractivity contribution >= 4 is 19.2 Å². The van der Waals surface area contributed by atoms with Crippen LogP contribution in [0.15, 0.2) is 0 Å². The third-order valence-corrected chi connectivity index (χ3v) is 3.28. The van der Waals surface area contributed by atoms with Gasteiger partial charge in [0, 0.05) is 6.54 Å². The highest BCUT2D eigenvalue weighted by atomic mass is 35.5. The zero-order valence-electron chi connectivity index (χ0n) is 6.46. The van der Waals surface area contributed by atoms with Crippen LogP contribution in [0.25, 0.3) is 0 Å². The van der Waals surface area contributed by atoms with Gasteiger partial charge in [0.05, 0.1) is 13.2 Å². The van der Waals surface area contributed by atoms with E-state index in [9.17, 15) is 4.57 Å². The topological polar surface area (TPSA) is 61.5 Å². The van der Waals surface area contributed by atoms with Crippen LogP contribution in [-0.4, -0.2) is 25.4 Å². The van der Waals surface area contributed by atoms with E-state index >= 15 is 0 Å². The molecule has 11 heavy (non-hydrogen) atoms. The number of nitrogens with two attached hydrogens (primary N) is 1. The molecule has 68 valence electrons. The standard InChI is InChI=1S/C5H13ClNO3P/c1-2-9-11(8,5-6)10-4-3-7/h2-5,7H2,1H3. The van der Waals surface area contributed by atoms with Crippen LogP contribution in [-0.2, 0) is 13.6 Å². The van der Waals surface area contributed by atoms with Crippen LogP contribution < -0.4 is 5.73 Å². The molecular formula is C5H13ClNO3P. The Morgan fingerprint density at radius 1 is 1.55 bits per heavy atom. The summed E-state index contributed by atoms with van der Waals surface area (Å²) in [5.41, 5.74) is 5.02. The Labute approximate surface area is 71.5 Å². The summed E-state index contributed by atoms with van der Waals surface area (Å²) in [4.78, 5) is 0. The van der Waals surface area contributed by atoms with Gasteiger partial charge in [-0.1, -0.05) is 0 Å². The van der Waals surface area contributed by atoms with E-state index in [1.807, 2.05) is 0 Å². The molecule has 0 aromatic heterocycles. The Balaban J connectivity index is 3.79. The first-order valence-corrected chi connectivity index (χ1v) is 5.59. The average Bonchev–Trinajstić information content (AvgIpc) is 2.02. The summed E-state index contributed by atoms with van der Waals surface area (Å²) < 4.78 is 21.0. The molecule has 0 spiro atoms. The third-order valence-electron chi connectivity index (χ3n) is 0.878. The fourth-order valence-electron chi connectivity index (χ4n) is 0.495. The molecule has 0 bridgehead atoms. The van der Waals surface area contributed by atoms with Gasteiger partial charge in [0.15, 0.2) is 0 Å². The van der Waals surface area contributed by atoms with E-state index in [-0.39, 0.29) is 12.2 Å². The Kier molecular flexibility index (Phi) is 6.19. The second-order valence-corrected chi connectivity index (χ2v) is 4.46. The molecule has 4 nitrogen and oxygen atoms in total. The molecule has 0 radical (unpaired) electrons. The monoisotopic (exact) mass is 201 g/mol. The Bertz CT molecular complexity index is 144. The minimum atomic E-state index is -3.03. The van der Waals surface area contributed by atoms with Gasteiger partial charge < -0.3 is 14.8 Å². The number of halogens is 1. The summed E-state index contributed by atoms with van der Waals surface area (Å²) in [5, 5.41) is 0. The second kappa shape index (κ2) is 5.98. The predicted octanol–water partition coefficient (Wildman–Crippen LogP) is 1.39. The van der Waals surface area contributed by atoms with Crippen LogP contribution in [0.2, 0.25) is 0 Å². The number of hydrogen-bond donors (Lipinski definition) is 1. The molecule has 0 rings (SSSR count). The van der Waals surface area contributed by atoms with Crippen molar-refractivity contribution in [2.24, 2.45) is 5.73 Å². The molecule has 0 aromatic carbocycles. The third kappa shape index (κ3) is 4.77. The van der Waals surface area contributed by atoms with Crippen molar-refractivity contribution in [3.8, 4) is 0 Å². The molecule has 0 aliphatic carbocycles.